The van der Waals surface area contributed by atoms with E-state index in [-0.39, 0.29) is 0 Å². The van der Waals surface area contributed by atoms with Gasteiger partial charge in [-0.2, -0.15) is 5.10 Å². The van der Waals surface area contributed by atoms with E-state index in [9.17, 15) is 0 Å². The van der Waals surface area contributed by atoms with E-state index < -0.39 is 0 Å². The minimum absolute atomic E-state index is 0.771. The zero-order chi connectivity index (χ0) is 10.8. The number of nitrogens with zero attached hydrogens (tertiary/aromatic N) is 2. The van der Waals surface area contributed by atoms with Gasteiger partial charge in [-0.05, 0) is 32.7 Å². The van der Waals surface area contributed by atoms with E-state index in [1.807, 2.05) is 18.7 Å². The third-order valence-electron chi connectivity index (χ3n) is 2.87. The van der Waals surface area contributed by atoms with E-state index in [2.05, 4.69) is 10.4 Å². The number of aromatic nitrogens is 2. The SMILES string of the molecule is COc1c(CCNC2CC2)c(C)nn1C. The fourth-order valence-corrected chi connectivity index (χ4v) is 1.91. The molecule has 1 aliphatic rings. The zero-order valence-corrected chi connectivity index (χ0v) is 9.71. The highest BCUT2D eigenvalue weighted by molar-refractivity contribution is 5.31. The Labute approximate surface area is 90.6 Å². The highest BCUT2D eigenvalue weighted by Gasteiger charge is 2.20. The highest BCUT2D eigenvalue weighted by Crippen LogP contribution is 2.22. The fourth-order valence-electron chi connectivity index (χ4n) is 1.91. The Bertz CT molecular complexity index is 342. The first-order chi connectivity index (χ1) is 7.22. The summed E-state index contributed by atoms with van der Waals surface area (Å²) in [7, 11) is 3.62. The molecule has 0 unspecified atom stereocenters. The predicted molar refractivity (Wildman–Crippen MR) is 59.2 cm³/mol. The van der Waals surface area contributed by atoms with Crippen LogP contribution in [0.2, 0.25) is 0 Å². The van der Waals surface area contributed by atoms with Crippen LogP contribution in [-0.4, -0.2) is 29.5 Å². The van der Waals surface area contributed by atoms with E-state index in [0.717, 1.165) is 30.6 Å². The average Bonchev–Trinajstić information content (AvgIpc) is 2.95. The van der Waals surface area contributed by atoms with E-state index in [1.165, 1.54) is 18.4 Å². The van der Waals surface area contributed by atoms with E-state index in [1.54, 1.807) is 7.11 Å². The van der Waals surface area contributed by atoms with Crippen LogP contribution in [-0.2, 0) is 13.5 Å². The molecule has 1 heterocycles. The maximum absolute atomic E-state index is 5.34. The first-order valence-electron chi connectivity index (χ1n) is 5.52. The topological polar surface area (TPSA) is 39.1 Å². The lowest BCUT2D eigenvalue weighted by Gasteiger charge is -2.05. The standard InChI is InChI=1S/C11H19N3O/c1-8-10(6-7-12-9-4-5-9)11(15-3)14(2)13-8/h9,12H,4-7H2,1-3H3. The Morgan fingerprint density at radius 2 is 2.27 bits per heavy atom. The number of rotatable bonds is 5. The van der Waals surface area contributed by atoms with Crippen molar-refractivity contribution in [1.29, 1.82) is 0 Å². The second-order valence-corrected chi connectivity index (χ2v) is 4.18. The fraction of sp³-hybridized carbons (Fsp3) is 0.727. The third kappa shape index (κ3) is 2.31. The molecule has 1 fully saturated rings. The van der Waals surface area contributed by atoms with Crippen molar-refractivity contribution in [3.8, 4) is 5.88 Å². The summed E-state index contributed by atoms with van der Waals surface area (Å²) in [5, 5.41) is 7.86. The predicted octanol–water partition coefficient (Wildman–Crippen LogP) is 1.03. The Hall–Kier alpha value is -1.03. The van der Waals surface area contributed by atoms with Crippen LogP contribution in [0.25, 0.3) is 0 Å². The quantitative estimate of drug-likeness (QED) is 0.787. The van der Waals surface area contributed by atoms with E-state index in [4.69, 9.17) is 4.74 Å². The van der Waals surface area contributed by atoms with Crippen LogP contribution in [0.15, 0.2) is 0 Å². The average molecular weight is 209 g/mol. The van der Waals surface area contributed by atoms with Gasteiger partial charge in [-0.15, -0.1) is 0 Å². The van der Waals surface area contributed by atoms with Crippen LogP contribution >= 0.6 is 0 Å². The van der Waals surface area contributed by atoms with Gasteiger partial charge in [0.2, 0.25) is 5.88 Å². The Kier molecular flexibility index (Phi) is 2.95. The van der Waals surface area contributed by atoms with Crippen LogP contribution < -0.4 is 10.1 Å². The lowest BCUT2D eigenvalue weighted by molar-refractivity contribution is 0.369. The first-order valence-corrected chi connectivity index (χ1v) is 5.52. The van der Waals surface area contributed by atoms with Crippen molar-refractivity contribution in [2.45, 2.75) is 32.2 Å². The lowest BCUT2D eigenvalue weighted by atomic mass is 10.2. The molecule has 0 amide bonds. The van der Waals surface area contributed by atoms with E-state index in [0.29, 0.717) is 0 Å². The molecule has 1 saturated carbocycles. The number of ether oxygens (including phenoxy) is 1. The van der Waals surface area contributed by atoms with Gasteiger partial charge in [0.15, 0.2) is 0 Å². The molecular weight excluding hydrogens is 190 g/mol. The molecule has 4 heteroatoms. The van der Waals surface area contributed by atoms with E-state index >= 15 is 0 Å². The van der Waals surface area contributed by atoms with Gasteiger partial charge in [-0.3, -0.25) is 0 Å². The van der Waals surface area contributed by atoms with Crippen LogP contribution in [0.3, 0.4) is 0 Å². The number of aryl methyl sites for hydroxylation is 2. The molecule has 1 aromatic rings. The van der Waals surface area contributed by atoms with Crippen LogP contribution in [0, 0.1) is 6.92 Å². The van der Waals surface area contributed by atoms with Gasteiger partial charge in [-0.1, -0.05) is 0 Å². The van der Waals surface area contributed by atoms with Gasteiger partial charge in [0.1, 0.15) is 0 Å². The van der Waals surface area contributed by atoms with Gasteiger partial charge in [0, 0.05) is 18.7 Å². The monoisotopic (exact) mass is 209 g/mol. The van der Waals surface area contributed by atoms with Gasteiger partial charge in [0.05, 0.1) is 12.8 Å². The summed E-state index contributed by atoms with van der Waals surface area (Å²) in [4.78, 5) is 0. The smallest absolute Gasteiger partial charge is 0.214 e. The summed E-state index contributed by atoms with van der Waals surface area (Å²) >= 11 is 0. The van der Waals surface area contributed by atoms with Crippen LogP contribution in [0.4, 0.5) is 0 Å². The molecule has 1 aliphatic carbocycles. The van der Waals surface area contributed by atoms with Crippen molar-refractivity contribution in [1.82, 2.24) is 15.1 Å². The summed E-state index contributed by atoms with van der Waals surface area (Å²) in [6, 6.07) is 0.771. The Morgan fingerprint density at radius 3 is 2.87 bits per heavy atom. The molecule has 1 aromatic heterocycles. The summed E-state index contributed by atoms with van der Waals surface area (Å²) in [5.74, 6) is 0.894. The molecule has 0 spiro atoms. The van der Waals surface area contributed by atoms with Gasteiger partial charge in [0.25, 0.3) is 0 Å². The normalized spacial score (nSPS) is 15.7. The number of hydrogen-bond acceptors (Lipinski definition) is 3. The molecule has 0 aliphatic heterocycles. The molecule has 0 atom stereocenters. The largest absolute Gasteiger partial charge is 0.481 e. The van der Waals surface area contributed by atoms with Crippen LogP contribution in [0.5, 0.6) is 5.88 Å². The van der Waals surface area contributed by atoms with Gasteiger partial charge < -0.3 is 10.1 Å². The Morgan fingerprint density at radius 1 is 1.53 bits per heavy atom. The molecule has 0 radical (unpaired) electrons. The second-order valence-electron chi connectivity index (χ2n) is 4.18. The van der Waals surface area contributed by atoms with Gasteiger partial charge >= 0.3 is 0 Å². The first kappa shape index (κ1) is 10.5. The Balaban J connectivity index is 1.98. The van der Waals surface area contributed by atoms with Crippen molar-refractivity contribution < 1.29 is 4.74 Å². The maximum atomic E-state index is 5.34. The molecule has 0 aromatic carbocycles. The summed E-state index contributed by atoms with van der Waals surface area (Å²) in [6.07, 6.45) is 3.67. The van der Waals surface area contributed by atoms with Crippen LogP contribution in [0.1, 0.15) is 24.1 Å². The van der Waals surface area contributed by atoms with Crippen molar-refractivity contribution >= 4 is 0 Å². The van der Waals surface area contributed by atoms with Gasteiger partial charge in [-0.25, -0.2) is 4.68 Å². The minimum atomic E-state index is 0.771. The van der Waals surface area contributed by atoms with Crippen molar-refractivity contribution in [2.24, 2.45) is 7.05 Å². The number of nitrogens with one attached hydrogen (secondary N) is 1. The third-order valence-corrected chi connectivity index (χ3v) is 2.87. The maximum Gasteiger partial charge on any atom is 0.214 e. The molecule has 2 rings (SSSR count). The molecular formula is C11H19N3O. The molecule has 84 valence electrons. The summed E-state index contributed by atoms with van der Waals surface area (Å²) in [5.41, 5.74) is 2.31. The highest BCUT2D eigenvalue weighted by atomic mass is 16.5. The molecule has 15 heavy (non-hydrogen) atoms. The van der Waals surface area contributed by atoms with Crippen molar-refractivity contribution in [3.05, 3.63) is 11.3 Å². The summed E-state index contributed by atoms with van der Waals surface area (Å²) in [6.45, 7) is 3.06. The molecule has 1 N–H and O–H groups in total. The molecule has 0 saturated heterocycles. The lowest BCUT2D eigenvalue weighted by Crippen LogP contribution is -2.19. The summed E-state index contributed by atoms with van der Waals surface area (Å²) < 4.78 is 7.15. The zero-order valence-electron chi connectivity index (χ0n) is 9.71. The number of hydrogen-bond donors (Lipinski definition) is 1. The van der Waals surface area contributed by atoms with Crippen molar-refractivity contribution in [2.75, 3.05) is 13.7 Å². The minimum Gasteiger partial charge on any atom is -0.481 e. The molecule has 4 nitrogen and oxygen atoms in total. The molecule has 0 bridgehead atoms. The van der Waals surface area contributed by atoms with Crippen molar-refractivity contribution in [3.63, 3.8) is 0 Å². The number of methoxy groups -OCH3 is 1. The second kappa shape index (κ2) is 4.23.